The van der Waals surface area contributed by atoms with Crippen molar-refractivity contribution in [1.82, 2.24) is 4.98 Å². The van der Waals surface area contributed by atoms with Crippen LogP contribution in [0.5, 0.6) is 5.75 Å². The van der Waals surface area contributed by atoms with Crippen LogP contribution in [0.3, 0.4) is 0 Å². The molecule has 146 valence electrons. The Morgan fingerprint density at radius 1 is 1.14 bits per heavy atom. The van der Waals surface area contributed by atoms with E-state index in [-0.39, 0.29) is 5.91 Å². The molecule has 0 aliphatic heterocycles. The van der Waals surface area contributed by atoms with Crippen LogP contribution >= 0.6 is 54.8 Å². The Kier molecular flexibility index (Phi) is 5.92. The average Bonchev–Trinajstić information content (AvgIpc) is 3.13. The van der Waals surface area contributed by atoms with E-state index in [9.17, 15) is 4.79 Å². The number of anilines is 1. The van der Waals surface area contributed by atoms with Gasteiger partial charge in [-0.2, -0.15) is 0 Å². The predicted octanol–water partition coefficient (Wildman–Crippen LogP) is 7.40. The average molecular weight is 553 g/mol. The van der Waals surface area contributed by atoms with Crippen LogP contribution in [0.4, 0.5) is 5.69 Å². The molecule has 1 N–H and O–H groups in total. The maximum Gasteiger partial charge on any atom is 0.259 e. The zero-order valence-corrected chi connectivity index (χ0v) is 19.7. The summed E-state index contributed by atoms with van der Waals surface area (Å²) in [5, 5.41) is 4.19. The summed E-state index contributed by atoms with van der Waals surface area (Å²) >= 11 is 14.8. The highest BCUT2D eigenvalue weighted by atomic mass is 79.9. The first-order valence-corrected chi connectivity index (χ1v) is 11.2. The number of hydrogen-bond acceptors (Lipinski definition) is 4. The van der Waals surface area contributed by atoms with Crippen molar-refractivity contribution >= 4 is 76.6 Å². The van der Waals surface area contributed by atoms with Gasteiger partial charge in [0.05, 0.1) is 38.1 Å². The number of benzene rings is 3. The second-order valence-corrected chi connectivity index (χ2v) is 9.31. The highest BCUT2D eigenvalue weighted by molar-refractivity contribution is 9.11. The molecule has 8 heteroatoms. The van der Waals surface area contributed by atoms with E-state index in [4.69, 9.17) is 16.3 Å². The van der Waals surface area contributed by atoms with Gasteiger partial charge in [-0.15, -0.1) is 11.3 Å². The van der Waals surface area contributed by atoms with E-state index in [0.29, 0.717) is 26.5 Å². The number of amides is 1. The molecule has 0 spiro atoms. The lowest BCUT2D eigenvalue weighted by atomic mass is 10.1. The van der Waals surface area contributed by atoms with Crippen LogP contribution in [0, 0.1) is 0 Å². The Morgan fingerprint density at radius 2 is 1.93 bits per heavy atom. The van der Waals surface area contributed by atoms with Crippen LogP contribution in [0.25, 0.3) is 20.8 Å². The molecule has 1 amide bonds. The van der Waals surface area contributed by atoms with E-state index in [1.807, 2.05) is 42.5 Å². The quantitative estimate of drug-likeness (QED) is 0.287. The number of fused-ring (bicyclic) bond motifs is 1. The third kappa shape index (κ3) is 4.19. The minimum atomic E-state index is -0.327. The standard InChI is InChI=1S/C21H13Br2ClN2O2S/c1-28-19-13(9-12(22)10-14(19)23)20(27)25-17-8-11(6-7-15(17)24)21-26-16-4-2-3-5-18(16)29-21/h2-10H,1H3,(H,25,27). The van der Waals surface area contributed by atoms with Gasteiger partial charge < -0.3 is 10.1 Å². The van der Waals surface area contributed by atoms with Crippen molar-refractivity contribution < 1.29 is 9.53 Å². The number of para-hydroxylation sites is 1. The van der Waals surface area contributed by atoms with E-state index >= 15 is 0 Å². The molecule has 4 aromatic rings. The summed E-state index contributed by atoms with van der Waals surface area (Å²) in [7, 11) is 1.52. The molecule has 3 aromatic carbocycles. The van der Waals surface area contributed by atoms with Gasteiger partial charge in [-0.3, -0.25) is 4.79 Å². The van der Waals surface area contributed by atoms with Crippen molar-refractivity contribution in [3.8, 4) is 16.3 Å². The molecular weight excluding hydrogens is 540 g/mol. The topological polar surface area (TPSA) is 51.2 Å². The number of ether oxygens (including phenoxy) is 1. The molecule has 4 rings (SSSR count). The summed E-state index contributed by atoms with van der Waals surface area (Å²) in [5.74, 6) is 0.122. The molecule has 0 atom stereocenters. The van der Waals surface area contributed by atoms with E-state index in [1.54, 1.807) is 23.5 Å². The molecule has 1 aromatic heterocycles. The molecular formula is C21H13Br2ClN2O2S. The fourth-order valence-electron chi connectivity index (χ4n) is 2.88. The van der Waals surface area contributed by atoms with E-state index in [1.165, 1.54) is 7.11 Å². The van der Waals surface area contributed by atoms with E-state index in [2.05, 4.69) is 42.2 Å². The Labute approximate surface area is 193 Å². The molecule has 0 fully saturated rings. The van der Waals surface area contributed by atoms with Crippen molar-refractivity contribution in [2.75, 3.05) is 12.4 Å². The Balaban J connectivity index is 1.69. The normalized spacial score (nSPS) is 10.9. The van der Waals surface area contributed by atoms with Crippen LogP contribution < -0.4 is 10.1 Å². The summed E-state index contributed by atoms with van der Waals surface area (Å²) in [6, 6.07) is 17.0. The molecule has 29 heavy (non-hydrogen) atoms. The first-order valence-electron chi connectivity index (χ1n) is 8.46. The number of aromatic nitrogens is 1. The van der Waals surface area contributed by atoms with Crippen LogP contribution in [0.1, 0.15) is 10.4 Å². The van der Waals surface area contributed by atoms with Gasteiger partial charge in [0.15, 0.2) is 0 Å². The minimum absolute atomic E-state index is 0.327. The zero-order valence-electron chi connectivity index (χ0n) is 15.0. The zero-order chi connectivity index (χ0) is 20.5. The molecule has 0 radical (unpaired) electrons. The van der Waals surface area contributed by atoms with Crippen molar-refractivity contribution in [1.29, 1.82) is 0 Å². The highest BCUT2D eigenvalue weighted by Gasteiger charge is 2.18. The molecule has 0 unspecified atom stereocenters. The number of carbonyl (C=O) groups is 1. The van der Waals surface area contributed by atoms with E-state index in [0.717, 1.165) is 25.3 Å². The molecule has 0 bridgehead atoms. The van der Waals surface area contributed by atoms with E-state index < -0.39 is 0 Å². The summed E-state index contributed by atoms with van der Waals surface area (Å²) < 4.78 is 7.91. The minimum Gasteiger partial charge on any atom is -0.495 e. The summed E-state index contributed by atoms with van der Waals surface area (Å²) in [4.78, 5) is 17.6. The maximum absolute atomic E-state index is 12.9. The van der Waals surface area contributed by atoms with Crippen molar-refractivity contribution in [3.05, 3.63) is 74.1 Å². The predicted molar refractivity (Wildman–Crippen MR) is 126 cm³/mol. The van der Waals surface area contributed by atoms with Gasteiger partial charge in [-0.05, 0) is 52.3 Å². The number of rotatable bonds is 4. The number of nitrogens with zero attached hydrogens (tertiary/aromatic N) is 1. The monoisotopic (exact) mass is 550 g/mol. The van der Waals surface area contributed by atoms with Crippen molar-refractivity contribution in [3.63, 3.8) is 0 Å². The fourth-order valence-corrected chi connectivity index (χ4v) is 5.39. The van der Waals surface area contributed by atoms with Gasteiger partial charge in [-0.1, -0.05) is 45.7 Å². The second kappa shape index (κ2) is 8.44. The van der Waals surface area contributed by atoms with Crippen LogP contribution in [-0.4, -0.2) is 18.0 Å². The van der Waals surface area contributed by atoms with Gasteiger partial charge in [0.2, 0.25) is 0 Å². The van der Waals surface area contributed by atoms with Gasteiger partial charge in [0.25, 0.3) is 5.91 Å². The Morgan fingerprint density at radius 3 is 2.69 bits per heavy atom. The Hall–Kier alpha value is -1.93. The highest BCUT2D eigenvalue weighted by Crippen LogP contribution is 2.36. The third-order valence-corrected chi connectivity index (χ3v) is 6.67. The first-order chi connectivity index (χ1) is 14.0. The number of methoxy groups -OCH3 is 1. The molecule has 0 saturated carbocycles. The van der Waals surface area contributed by atoms with Crippen LogP contribution in [-0.2, 0) is 0 Å². The fraction of sp³-hybridized carbons (Fsp3) is 0.0476. The molecule has 4 nitrogen and oxygen atoms in total. The van der Waals surface area contributed by atoms with Gasteiger partial charge in [0, 0.05) is 10.0 Å². The molecule has 0 aliphatic rings. The lowest BCUT2D eigenvalue weighted by Crippen LogP contribution is -2.14. The SMILES string of the molecule is COc1c(Br)cc(Br)cc1C(=O)Nc1cc(-c2nc3ccccc3s2)ccc1Cl. The Bertz CT molecular complexity index is 1210. The number of thiazole rings is 1. The largest absolute Gasteiger partial charge is 0.495 e. The number of carbonyl (C=O) groups excluding carboxylic acids is 1. The van der Waals surface area contributed by atoms with Gasteiger partial charge in [-0.25, -0.2) is 4.98 Å². The summed E-state index contributed by atoms with van der Waals surface area (Å²) in [5.41, 5.74) is 2.71. The third-order valence-electron chi connectivity index (χ3n) is 4.21. The summed E-state index contributed by atoms with van der Waals surface area (Å²) in [6.45, 7) is 0. The van der Waals surface area contributed by atoms with Crippen LogP contribution in [0.15, 0.2) is 63.5 Å². The van der Waals surface area contributed by atoms with Crippen molar-refractivity contribution in [2.24, 2.45) is 0 Å². The van der Waals surface area contributed by atoms with Gasteiger partial charge in [0.1, 0.15) is 10.8 Å². The van der Waals surface area contributed by atoms with Gasteiger partial charge >= 0.3 is 0 Å². The lowest BCUT2D eigenvalue weighted by molar-refractivity contribution is 0.102. The summed E-state index contributed by atoms with van der Waals surface area (Å²) in [6.07, 6.45) is 0. The second-order valence-electron chi connectivity index (χ2n) is 6.10. The van der Waals surface area contributed by atoms with Crippen molar-refractivity contribution in [2.45, 2.75) is 0 Å². The number of nitrogens with one attached hydrogen (secondary N) is 1. The number of hydrogen-bond donors (Lipinski definition) is 1. The smallest absolute Gasteiger partial charge is 0.259 e. The molecule has 0 saturated heterocycles. The number of halogens is 3. The van der Waals surface area contributed by atoms with Crippen LogP contribution in [0.2, 0.25) is 5.02 Å². The maximum atomic E-state index is 12.9. The molecule has 1 heterocycles. The first kappa shape index (κ1) is 20.3. The lowest BCUT2D eigenvalue weighted by Gasteiger charge is -2.13. The molecule has 0 aliphatic carbocycles.